The van der Waals surface area contributed by atoms with Gasteiger partial charge in [0.2, 0.25) is 0 Å². The molecule has 3 nitrogen and oxygen atoms in total. The molecule has 0 radical (unpaired) electrons. The molecule has 0 aliphatic rings. The molecule has 114 valence electrons. The minimum absolute atomic E-state index is 0.193. The lowest BCUT2D eigenvalue weighted by Crippen LogP contribution is -2.33. The predicted octanol–water partition coefficient (Wildman–Crippen LogP) is 3.94. The SMILES string of the molecule is CCCNC(c1ccc(OC(C)C)cc1)C(CC)OC. The first kappa shape index (κ1) is 17.0. The van der Waals surface area contributed by atoms with Crippen molar-refractivity contribution in [1.82, 2.24) is 5.32 Å². The largest absolute Gasteiger partial charge is 0.491 e. The molecule has 0 spiro atoms. The molecule has 2 unspecified atom stereocenters. The van der Waals surface area contributed by atoms with Crippen LogP contribution in [0.5, 0.6) is 5.75 Å². The van der Waals surface area contributed by atoms with E-state index < -0.39 is 0 Å². The summed E-state index contributed by atoms with van der Waals surface area (Å²) < 4.78 is 11.3. The Kier molecular flexibility index (Phi) is 7.63. The Morgan fingerprint density at radius 1 is 1.10 bits per heavy atom. The summed E-state index contributed by atoms with van der Waals surface area (Å²) in [4.78, 5) is 0. The molecule has 1 N–H and O–H groups in total. The van der Waals surface area contributed by atoms with Crippen LogP contribution in [0, 0.1) is 0 Å². The van der Waals surface area contributed by atoms with E-state index in [9.17, 15) is 0 Å². The number of methoxy groups -OCH3 is 1. The first-order chi connectivity index (χ1) is 9.62. The van der Waals surface area contributed by atoms with Gasteiger partial charge >= 0.3 is 0 Å². The van der Waals surface area contributed by atoms with Crippen LogP contribution in [0.3, 0.4) is 0 Å². The van der Waals surface area contributed by atoms with Crippen molar-refractivity contribution in [2.24, 2.45) is 0 Å². The molecule has 20 heavy (non-hydrogen) atoms. The quantitative estimate of drug-likeness (QED) is 0.742. The smallest absolute Gasteiger partial charge is 0.119 e. The van der Waals surface area contributed by atoms with Crippen LogP contribution >= 0.6 is 0 Å². The Morgan fingerprint density at radius 2 is 1.75 bits per heavy atom. The van der Waals surface area contributed by atoms with E-state index in [4.69, 9.17) is 9.47 Å². The van der Waals surface area contributed by atoms with Gasteiger partial charge < -0.3 is 14.8 Å². The molecule has 0 aliphatic carbocycles. The summed E-state index contributed by atoms with van der Waals surface area (Å²) in [6.45, 7) is 9.41. The van der Waals surface area contributed by atoms with Gasteiger partial charge in [-0.3, -0.25) is 0 Å². The highest BCUT2D eigenvalue weighted by molar-refractivity contribution is 5.30. The Labute approximate surface area is 123 Å². The van der Waals surface area contributed by atoms with Crippen LogP contribution in [0.4, 0.5) is 0 Å². The van der Waals surface area contributed by atoms with Gasteiger partial charge in [-0.05, 0) is 50.9 Å². The van der Waals surface area contributed by atoms with E-state index >= 15 is 0 Å². The summed E-state index contributed by atoms with van der Waals surface area (Å²) in [5.74, 6) is 0.920. The molecule has 2 atom stereocenters. The van der Waals surface area contributed by atoms with Crippen molar-refractivity contribution < 1.29 is 9.47 Å². The minimum Gasteiger partial charge on any atom is -0.491 e. The molecule has 0 fully saturated rings. The van der Waals surface area contributed by atoms with Gasteiger partial charge in [0.25, 0.3) is 0 Å². The molecular formula is C17H29NO2. The lowest BCUT2D eigenvalue weighted by molar-refractivity contribution is 0.0650. The Balaban J connectivity index is 2.84. The zero-order chi connectivity index (χ0) is 15.0. The van der Waals surface area contributed by atoms with Crippen molar-refractivity contribution in [2.45, 2.75) is 58.8 Å². The second-order valence-electron chi connectivity index (χ2n) is 5.35. The van der Waals surface area contributed by atoms with Crippen LogP contribution in [0.2, 0.25) is 0 Å². The van der Waals surface area contributed by atoms with Gasteiger partial charge in [-0.1, -0.05) is 26.0 Å². The molecule has 0 saturated heterocycles. The van der Waals surface area contributed by atoms with Gasteiger partial charge in [-0.2, -0.15) is 0 Å². The number of rotatable bonds is 9. The van der Waals surface area contributed by atoms with Gasteiger partial charge in [0, 0.05) is 7.11 Å². The molecule has 1 rings (SSSR count). The van der Waals surface area contributed by atoms with E-state index in [2.05, 4.69) is 31.3 Å². The van der Waals surface area contributed by atoms with E-state index in [-0.39, 0.29) is 18.2 Å². The fourth-order valence-corrected chi connectivity index (χ4v) is 2.33. The average molecular weight is 279 g/mol. The van der Waals surface area contributed by atoms with Crippen molar-refractivity contribution in [1.29, 1.82) is 0 Å². The van der Waals surface area contributed by atoms with Crippen molar-refractivity contribution >= 4 is 0 Å². The van der Waals surface area contributed by atoms with E-state index in [1.54, 1.807) is 7.11 Å². The van der Waals surface area contributed by atoms with Crippen molar-refractivity contribution in [3.8, 4) is 5.75 Å². The van der Waals surface area contributed by atoms with Gasteiger partial charge in [-0.15, -0.1) is 0 Å². The van der Waals surface area contributed by atoms with E-state index in [0.717, 1.165) is 25.1 Å². The number of benzene rings is 1. The number of ether oxygens (including phenoxy) is 2. The van der Waals surface area contributed by atoms with Gasteiger partial charge in [0.1, 0.15) is 5.75 Å². The Morgan fingerprint density at radius 3 is 2.20 bits per heavy atom. The number of nitrogens with one attached hydrogen (secondary N) is 1. The van der Waals surface area contributed by atoms with Crippen LogP contribution in [0.1, 0.15) is 52.1 Å². The van der Waals surface area contributed by atoms with Crippen LogP contribution in [0.25, 0.3) is 0 Å². The molecule has 1 aromatic rings. The number of hydrogen-bond donors (Lipinski definition) is 1. The highest BCUT2D eigenvalue weighted by Crippen LogP contribution is 2.24. The number of hydrogen-bond acceptors (Lipinski definition) is 3. The van der Waals surface area contributed by atoms with Gasteiger partial charge in [0.15, 0.2) is 0 Å². The zero-order valence-electron chi connectivity index (χ0n) is 13.5. The summed E-state index contributed by atoms with van der Waals surface area (Å²) in [6, 6.07) is 8.58. The maximum Gasteiger partial charge on any atom is 0.119 e. The lowest BCUT2D eigenvalue weighted by Gasteiger charge is -2.27. The molecular weight excluding hydrogens is 250 g/mol. The van der Waals surface area contributed by atoms with Gasteiger partial charge in [-0.25, -0.2) is 0 Å². The Hall–Kier alpha value is -1.06. The van der Waals surface area contributed by atoms with Crippen LogP contribution in [-0.4, -0.2) is 25.9 Å². The second-order valence-corrected chi connectivity index (χ2v) is 5.35. The molecule has 0 saturated carbocycles. The fraction of sp³-hybridized carbons (Fsp3) is 0.647. The maximum absolute atomic E-state index is 5.69. The van der Waals surface area contributed by atoms with Gasteiger partial charge in [0.05, 0.1) is 18.2 Å². The minimum atomic E-state index is 0.193. The molecule has 1 aromatic carbocycles. The van der Waals surface area contributed by atoms with Crippen molar-refractivity contribution in [2.75, 3.05) is 13.7 Å². The summed E-state index contributed by atoms with van der Waals surface area (Å²) >= 11 is 0. The highest BCUT2D eigenvalue weighted by Gasteiger charge is 2.20. The molecule has 0 bridgehead atoms. The van der Waals surface area contributed by atoms with Crippen LogP contribution in [-0.2, 0) is 4.74 Å². The predicted molar refractivity (Wildman–Crippen MR) is 84.3 cm³/mol. The van der Waals surface area contributed by atoms with E-state index in [1.165, 1.54) is 5.56 Å². The summed E-state index contributed by atoms with van der Waals surface area (Å²) in [7, 11) is 1.78. The summed E-state index contributed by atoms with van der Waals surface area (Å²) in [5, 5.41) is 3.58. The highest BCUT2D eigenvalue weighted by atomic mass is 16.5. The third-order valence-corrected chi connectivity index (χ3v) is 3.30. The van der Waals surface area contributed by atoms with Crippen LogP contribution < -0.4 is 10.1 Å². The lowest BCUT2D eigenvalue weighted by atomic mass is 9.99. The monoisotopic (exact) mass is 279 g/mol. The molecule has 0 aliphatic heterocycles. The summed E-state index contributed by atoms with van der Waals surface area (Å²) in [5.41, 5.74) is 1.25. The average Bonchev–Trinajstić information content (AvgIpc) is 2.44. The van der Waals surface area contributed by atoms with Crippen molar-refractivity contribution in [3.05, 3.63) is 29.8 Å². The topological polar surface area (TPSA) is 30.5 Å². The molecule has 0 aromatic heterocycles. The molecule has 3 heteroatoms. The standard InChI is InChI=1S/C17H29NO2/c1-6-12-18-17(16(7-2)19-5)14-8-10-15(11-9-14)20-13(3)4/h8-11,13,16-18H,6-7,12H2,1-5H3. The summed E-state index contributed by atoms with van der Waals surface area (Å²) in [6.07, 6.45) is 2.50. The third-order valence-electron chi connectivity index (χ3n) is 3.30. The third kappa shape index (κ3) is 5.14. The second kappa shape index (κ2) is 8.98. The molecule has 0 heterocycles. The normalized spacial score (nSPS) is 14.3. The fourth-order valence-electron chi connectivity index (χ4n) is 2.33. The van der Waals surface area contributed by atoms with Crippen molar-refractivity contribution in [3.63, 3.8) is 0 Å². The first-order valence-electron chi connectivity index (χ1n) is 7.65. The maximum atomic E-state index is 5.69. The Bertz CT molecular complexity index is 358. The van der Waals surface area contributed by atoms with E-state index in [0.29, 0.717) is 0 Å². The van der Waals surface area contributed by atoms with E-state index in [1.807, 2.05) is 26.0 Å². The molecule has 0 amide bonds. The van der Waals surface area contributed by atoms with Crippen LogP contribution in [0.15, 0.2) is 24.3 Å². The first-order valence-corrected chi connectivity index (χ1v) is 7.65. The zero-order valence-corrected chi connectivity index (χ0v) is 13.5.